The quantitative estimate of drug-likeness (QED) is 0.870. The number of carboxylic acid groups (broad SMARTS) is 1. The predicted molar refractivity (Wildman–Crippen MR) is 90.8 cm³/mol. The van der Waals surface area contributed by atoms with Gasteiger partial charge in [-0.15, -0.1) is 0 Å². The maximum absolute atomic E-state index is 12.5. The third-order valence-electron chi connectivity index (χ3n) is 4.64. The molecule has 2 rings (SSSR count). The van der Waals surface area contributed by atoms with Crippen LogP contribution >= 0.6 is 0 Å². The van der Waals surface area contributed by atoms with Crippen molar-refractivity contribution in [2.45, 2.75) is 43.4 Å². The number of likely N-dealkylation sites (N-methyl/N-ethyl adjacent to an activating group) is 1. The zero-order valence-electron chi connectivity index (χ0n) is 13.9. The van der Waals surface area contributed by atoms with E-state index in [0.29, 0.717) is 18.4 Å². The highest BCUT2D eigenvalue weighted by molar-refractivity contribution is 7.91. The second-order valence-electron chi connectivity index (χ2n) is 6.41. The van der Waals surface area contributed by atoms with Crippen LogP contribution in [-0.2, 0) is 21.1 Å². The molecular formula is C17H23NO5S. The molecule has 24 heavy (non-hydrogen) atoms. The largest absolute Gasteiger partial charge is 0.478 e. The lowest BCUT2D eigenvalue weighted by atomic mass is 9.93. The standard InChI is InChI=1S/C17H23NO5S/c1-18(14-8-3-4-9-15(14)24(2,22)23)16(19)11-12-6-5-7-13(10-12)17(20)21/h5-7,10,14-15H,3-4,8-9,11H2,1-2H3,(H,20,21). The number of sulfone groups is 1. The Bertz CT molecular complexity index is 728. The Hall–Kier alpha value is -1.89. The number of amides is 1. The van der Waals surface area contributed by atoms with E-state index in [4.69, 9.17) is 5.11 Å². The van der Waals surface area contributed by atoms with Crippen molar-refractivity contribution in [2.24, 2.45) is 0 Å². The molecule has 1 aromatic carbocycles. The molecule has 0 aliphatic heterocycles. The van der Waals surface area contributed by atoms with Gasteiger partial charge in [0.15, 0.2) is 9.84 Å². The van der Waals surface area contributed by atoms with Gasteiger partial charge in [0.25, 0.3) is 0 Å². The summed E-state index contributed by atoms with van der Waals surface area (Å²) in [6.45, 7) is 0. The lowest BCUT2D eigenvalue weighted by molar-refractivity contribution is -0.131. The van der Waals surface area contributed by atoms with Gasteiger partial charge in [-0.1, -0.05) is 25.0 Å². The van der Waals surface area contributed by atoms with E-state index in [-0.39, 0.29) is 23.9 Å². The molecule has 0 bridgehead atoms. The first-order valence-electron chi connectivity index (χ1n) is 7.97. The van der Waals surface area contributed by atoms with Gasteiger partial charge in [-0.2, -0.15) is 0 Å². The molecule has 0 spiro atoms. The zero-order chi connectivity index (χ0) is 17.9. The smallest absolute Gasteiger partial charge is 0.335 e. The van der Waals surface area contributed by atoms with Crippen LogP contribution < -0.4 is 0 Å². The number of hydrogen-bond donors (Lipinski definition) is 1. The first-order chi connectivity index (χ1) is 11.2. The molecule has 132 valence electrons. The van der Waals surface area contributed by atoms with E-state index in [1.54, 1.807) is 19.2 Å². The normalized spacial score (nSPS) is 21.2. The van der Waals surface area contributed by atoms with Crippen LogP contribution in [-0.4, -0.2) is 54.9 Å². The van der Waals surface area contributed by atoms with E-state index < -0.39 is 21.1 Å². The van der Waals surface area contributed by atoms with E-state index in [1.807, 2.05) is 0 Å². The Morgan fingerprint density at radius 1 is 1.25 bits per heavy atom. The molecule has 1 amide bonds. The summed E-state index contributed by atoms with van der Waals surface area (Å²) in [5.41, 5.74) is 0.744. The minimum absolute atomic E-state index is 0.0601. The Kier molecular flexibility index (Phi) is 5.64. The molecule has 1 aromatic rings. The summed E-state index contributed by atoms with van der Waals surface area (Å²) >= 11 is 0. The molecule has 1 N–H and O–H groups in total. The van der Waals surface area contributed by atoms with Gasteiger partial charge in [-0.3, -0.25) is 4.79 Å². The minimum atomic E-state index is -3.22. The van der Waals surface area contributed by atoms with Crippen LogP contribution in [0.4, 0.5) is 0 Å². The lowest BCUT2D eigenvalue weighted by Gasteiger charge is -2.37. The first kappa shape index (κ1) is 18.4. The fourth-order valence-electron chi connectivity index (χ4n) is 3.32. The summed E-state index contributed by atoms with van der Waals surface area (Å²) in [5.74, 6) is -1.24. The van der Waals surface area contributed by atoms with Gasteiger partial charge in [0.2, 0.25) is 5.91 Å². The Morgan fingerprint density at radius 2 is 1.92 bits per heavy atom. The highest BCUT2D eigenvalue weighted by Crippen LogP contribution is 2.27. The van der Waals surface area contributed by atoms with E-state index in [9.17, 15) is 18.0 Å². The van der Waals surface area contributed by atoms with E-state index >= 15 is 0 Å². The number of benzene rings is 1. The maximum Gasteiger partial charge on any atom is 0.335 e. The molecule has 2 atom stereocenters. The van der Waals surface area contributed by atoms with Crippen molar-refractivity contribution in [3.8, 4) is 0 Å². The summed E-state index contributed by atoms with van der Waals surface area (Å²) in [4.78, 5) is 25.1. The maximum atomic E-state index is 12.5. The van der Waals surface area contributed by atoms with Crippen molar-refractivity contribution in [3.05, 3.63) is 35.4 Å². The topological polar surface area (TPSA) is 91.8 Å². The van der Waals surface area contributed by atoms with Crippen LogP contribution in [0.1, 0.15) is 41.6 Å². The van der Waals surface area contributed by atoms with Crippen LogP contribution in [0.25, 0.3) is 0 Å². The molecule has 0 saturated heterocycles. The first-order valence-corrected chi connectivity index (χ1v) is 9.92. The Morgan fingerprint density at radius 3 is 2.54 bits per heavy atom. The molecule has 0 heterocycles. The second kappa shape index (κ2) is 7.34. The summed E-state index contributed by atoms with van der Waals surface area (Å²) in [7, 11) is -1.58. The van der Waals surface area contributed by atoms with Gasteiger partial charge in [0, 0.05) is 19.3 Å². The number of carbonyl (C=O) groups excluding carboxylic acids is 1. The molecule has 1 saturated carbocycles. The lowest BCUT2D eigenvalue weighted by Crippen LogP contribution is -2.49. The molecule has 1 aliphatic rings. The zero-order valence-corrected chi connectivity index (χ0v) is 14.8. The van der Waals surface area contributed by atoms with Gasteiger partial charge < -0.3 is 10.0 Å². The number of rotatable bonds is 5. The summed E-state index contributed by atoms with van der Waals surface area (Å²) in [6, 6.07) is 5.94. The molecule has 7 heteroatoms. The monoisotopic (exact) mass is 353 g/mol. The van der Waals surface area contributed by atoms with Crippen LogP contribution in [0.15, 0.2) is 24.3 Å². The molecule has 2 unspecified atom stereocenters. The van der Waals surface area contributed by atoms with Gasteiger partial charge in [-0.25, -0.2) is 13.2 Å². The Labute approximate surface area is 142 Å². The Balaban J connectivity index is 2.13. The van der Waals surface area contributed by atoms with Gasteiger partial charge in [0.1, 0.15) is 0 Å². The second-order valence-corrected chi connectivity index (χ2v) is 8.67. The van der Waals surface area contributed by atoms with Crippen molar-refractivity contribution in [1.29, 1.82) is 0 Å². The molecule has 1 fully saturated rings. The van der Waals surface area contributed by atoms with Crippen molar-refractivity contribution in [1.82, 2.24) is 4.90 Å². The summed E-state index contributed by atoms with van der Waals surface area (Å²) in [5, 5.41) is 8.50. The molecule has 0 aromatic heterocycles. The molecular weight excluding hydrogens is 330 g/mol. The van der Waals surface area contributed by atoms with Crippen molar-refractivity contribution in [2.75, 3.05) is 13.3 Å². The summed E-state index contributed by atoms with van der Waals surface area (Å²) in [6.07, 6.45) is 4.31. The third-order valence-corrected chi connectivity index (χ3v) is 6.29. The van der Waals surface area contributed by atoms with Gasteiger partial charge in [0.05, 0.1) is 17.2 Å². The fourth-order valence-corrected chi connectivity index (χ4v) is 4.80. The number of carbonyl (C=O) groups is 2. The number of aromatic carboxylic acids is 1. The van der Waals surface area contributed by atoms with E-state index in [0.717, 1.165) is 12.8 Å². The van der Waals surface area contributed by atoms with Gasteiger partial charge in [-0.05, 0) is 30.5 Å². The average molecular weight is 353 g/mol. The SMILES string of the molecule is CN(C(=O)Cc1cccc(C(=O)O)c1)C1CCCCC1S(C)(=O)=O. The van der Waals surface area contributed by atoms with Crippen molar-refractivity contribution < 1.29 is 23.1 Å². The third kappa shape index (κ3) is 4.35. The fraction of sp³-hybridized carbons (Fsp3) is 0.529. The van der Waals surface area contributed by atoms with Crippen LogP contribution in [0.5, 0.6) is 0 Å². The highest BCUT2D eigenvalue weighted by atomic mass is 32.2. The highest BCUT2D eigenvalue weighted by Gasteiger charge is 2.36. The van der Waals surface area contributed by atoms with E-state index in [1.165, 1.54) is 23.3 Å². The van der Waals surface area contributed by atoms with Crippen molar-refractivity contribution in [3.63, 3.8) is 0 Å². The van der Waals surface area contributed by atoms with Crippen molar-refractivity contribution >= 4 is 21.7 Å². The average Bonchev–Trinajstić information content (AvgIpc) is 2.53. The number of carboxylic acids is 1. The summed E-state index contributed by atoms with van der Waals surface area (Å²) < 4.78 is 24.0. The number of nitrogens with zero attached hydrogens (tertiary/aromatic N) is 1. The molecule has 0 radical (unpaired) electrons. The van der Waals surface area contributed by atoms with E-state index in [2.05, 4.69) is 0 Å². The van der Waals surface area contributed by atoms with Crippen LogP contribution in [0, 0.1) is 0 Å². The van der Waals surface area contributed by atoms with Gasteiger partial charge >= 0.3 is 5.97 Å². The predicted octanol–water partition coefficient (Wildman–Crippen LogP) is 1.74. The molecule has 6 nitrogen and oxygen atoms in total. The van der Waals surface area contributed by atoms with Crippen LogP contribution in [0.2, 0.25) is 0 Å². The number of hydrogen-bond acceptors (Lipinski definition) is 4. The minimum Gasteiger partial charge on any atom is -0.478 e. The van der Waals surface area contributed by atoms with Crippen LogP contribution in [0.3, 0.4) is 0 Å². The molecule has 1 aliphatic carbocycles.